The highest BCUT2D eigenvalue weighted by molar-refractivity contribution is 8.13. The van der Waals surface area contributed by atoms with E-state index in [1.165, 1.54) is 6.07 Å². The molecule has 0 unspecified atom stereocenters. The fraction of sp³-hybridized carbons (Fsp3) is 0. The van der Waals surface area contributed by atoms with Gasteiger partial charge in [-0.3, -0.25) is 0 Å². The largest absolute Gasteiger partial charge is 0.261 e. The zero-order chi connectivity index (χ0) is 10.2. The molecule has 0 bridgehead atoms. The lowest BCUT2D eigenvalue weighted by molar-refractivity contribution is 0.609. The zero-order valence-electron chi connectivity index (χ0n) is 7.55. The first-order chi connectivity index (χ1) is 6.57. The molecule has 0 saturated carbocycles. The van der Waals surface area contributed by atoms with Crippen LogP contribution in [0.5, 0.6) is 0 Å². The van der Waals surface area contributed by atoms with Gasteiger partial charge in [0.25, 0.3) is 9.05 Å². The number of hydrogen-bond acceptors (Lipinski definition) is 2. The van der Waals surface area contributed by atoms with Crippen LogP contribution < -0.4 is 0 Å². The van der Waals surface area contributed by atoms with Crippen molar-refractivity contribution in [3.8, 4) is 0 Å². The van der Waals surface area contributed by atoms with E-state index in [2.05, 4.69) is 0 Å². The van der Waals surface area contributed by atoms with E-state index in [-0.39, 0.29) is 17.3 Å². The number of benzene rings is 2. The van der Waals surface area contributed by atoms with E-state index in [0.717, 1.165) is 10.8 Å². The van der Waals surface area contributed by atoms with Gasteiger partial charge in [0.2, 0.25) is 0 Å². The smallest absolute Gasteiger partial charge is 0.207 e. The van der Waals surface area contributed by atoms with Crippen molar-refractivity contribution in [3.05, 3.63) is 42.5 Å². The molecular weight excluding hydrogens is 255 g/mol. The third-order valence-electron chi connectivity index (χ3n) is 2.00. The summed E-state index contributed by atoms with van der Waals surface area (Å²) in [4.78, 5) is 0.137. The molecule has 0 atom stereocenters. The predicted octanol–water partition coefficient (Wildman–Crippen LogP) is 3.19. The second kappa shape index (κ2) is 4.39. The molecule has 15 heavy (non-hydrogen) atoms. The Labute approximate surface area is 98.7 Å². The first-order valence-electron chi connectivity index (χ1n) is 4.01. The van der Waals surface area contributed by atoms with Crippen LogP contribution in [0.15, 0.2) is 47.4 Å². The Morgan fingerprint density at radius 3 is 2.13 bits per heavy atom. The normalized spacial score (nSPS) is 11.0. The molecule has 80 valence electrons. The number of halogens is 2. The molecule has 0 heterocycles. The summed E-state index contributed by atoms with van der Waals surface area (Å²) >= 11 is 0. The van der Waals surface area contributed by atoms with Gasteiger partial charge in [0.05, 0.1) is 4.90 Å². The predicted molar refractivity (Wildman–Crippen MR) is 64.2 cm³/mol. The van der Waals surface area contributed by atoms with E-state index < -0.39 is 9.05 Å². The lowest BCUT2D eigenvalue weighted by atomic mass is 10.1. The molecule has 0 saturated heterocycles. The first-order valence-corrected chi connectivity index (χ1v) is 6.32. The maximum Gasteiger partial charge on any atom is 0.261 e. The van der Waals surface area contributed by atoms with E-state index >= 15 is 0 Å². The summed E-state index contributed by atoms with van der Waals surface area (Å²) in [7, 11) is 1.61. The van der Waals surface area contributed by atoms with Crippen molar-refractivity contribution in [1.82, 2.24) is 0 Å². The van der Waals surface area contributed by atoms with Crippen LogP contribution in [-0.2, 0) is 9.05 Å². The highest BCUT2D eigenvalue weighted by atomic mass is 35.7. The van der Waals surface area contributed by atoms with E-state index in [4.69, 9.17) is 10.7 Å². The number of hydrogen-bond donors (Lipinski definition) is 0. The van der Waals surface area contributed by atoms with Crippen molar-refractivity contribution in [3.63, 3.8) is 0 Å². The molecule has 2 nitrogen and oxygen atoms in total. The van der Waals surface area contributed by atoms with Gasteiger partial charge in [-0.2, -0.15) is 0 Å². The van der Waals surface area contributed by atoms with Crippen LogP contribution in [0.4, 0.5) is 0 Å². The van der Waals surface area contributed by atoms with E-state index in [9.17, 15) is 8.42 Å². The molecule has 5 heteroatoms. The van der Waals surface area contributed by atoms with Gasteiger partial charge < -0.3 is 0 Å². The quantitative estimate of drug-likeness (QED) is 0.740. The molecule has 0 aliphatic rings. The van der Waals surface area contributed by atoms with Gasteiger partial charge in [0.1, 0.15) is 0 Å². The number of fused-ring (bicyclic) bond motifs is 1. The van der Waals surface area contributed by atoms with Crippen molar-refractivity contribution >= 4 is 42.9 Å². The molecule has 2 rings (SSSR count). The van der Waals surface area contributed by atoms with Crippen molar-refractivity contribution in [2.75, 3.05) is 0 Å². The second-order valence-corrected chi connectivity index (χ2v) is 5.51. The molecule has 0 N–H and O–H groups in total. The molecular formula is C10H8Cl2O2S. The standard InChI is InChI=1S/C10H7ClO2S.ClH/c11-14(12,13)10-6-5-8-3-1-2-4-9(8)7-10;/h1-7H;1H. The van der Waals surface area contributed by atoms with Gasteiger partial charge in [0.15, 0.2) is 0 Å². The summed E-state index contributed by atoms with van der Waals surface area (Å²) in [6.07, 6.45) is 0. The van der Waals surface area contributed by atoms with Gasteiger partial charge >= 0.3 is 0 Å². The highest BCUT2D eigenvalue weighted by Crippen LogP contribution is 2.21. The lowest BCUT2D eigenvalue weighted by Crippen LogP contribution is -1.89. The van der Waals surface area contributed by atoms with E-state index in [1.54, 1.807) is 12.1 Å². The van der Waals surface area contributed by atoms with Crippen molar-refractivity contribution in [2.24, 2.45) is 0 Å². The summed E-state index contributed by atoms with van der Waals surface area (Å²) in [5.74, 6) is 0. The lowest BCUT2D eigenvalue weighted by Gasteiger charge is -1.99. The summed E-state index contributed by atoms with van der Waals surface area (Å²) in [5.41, 5.74) is 0. The Balaban J connectivity index is 0.00000112. The fourth-order valence-corrected chi connectivity index (χ4v) is 2.11. The van der Waals surface area contributed by atoms with Gasteiger partial charge in [-0.1, -0.05) is 30.3 Å². The Kier molecular flexibility index (Phi) is 3.60. The van der Waals surface area contributed by atoms with Crippen LogP contribution in [0, 0.1) is 0 Å². The third-order valence-corrected chi connectivity index (χ3v) is 3.35. The van der Waals surface area contributed by atoms with Gasteiger partial charge in [0, 0.05) is 10.7 Å². The second-order valence-electron chi connectivity index (χ2n) is 2.95. The number of rotatable bonds is 1. The molecule has 0 amide bonds. The van der Waals surface area contributed by atoms with Crippen LogP contribution in [0.3, 0.4) is 0 Å². The summed E-state index contributed by atoms with van der Waals surface area (Å²) in [6.45, 7) is 0. The molecule has 0 aliphatic carbocycles. The summed E-state index contributed by atoms with van der Waals surface area (Å²) in [6, 6.07) is 12.3. The maximum atomic E-state index is 11.0. The average molecular weight is 263 g/mol. The fourth-order valence-electron chi connectivity index (χ4n) is 1.32. The zero-order valence-corrected chi connectivity index (χ0v) is 9.94. The minimum Gasteiger partial charge on any atom is -0.207 e. The van der Waals surface area contributed by atoms with Crippen LogP contribution >= 0.6 is 23.1 Å². The molecule has 2 aromatic rings. The van der Waals surface area contributed by atoms with E-state index in [0.29, 0.717) is 0 Å². The minimum absolute atomic E-state index is 0. The highest BCUT2D eigenvalue weighted by Gasteiger charge is 2.09. The van der Waals surface area contributed by atoms with Crippen molar-refractivity contribution in [2.45, 2.75) is 4.90 Å². The van der Waals surface area contributed by atoms with Gasteiger partial charge in [-0.25, -0.2) is 8.42 Å². The Hall–Kier alpha value is -0.770. The van der Waals surface area contributed by atoms with Crippen molar-refractivity contribution < 1.29 is 8.42 Å². The Bertz CT molecular complexity index is 579. The molecule has 0 aromatic heterocycles. The summed E-state index contributed by atoms with van der Waals surface area (Å²) in [5, 5.41) is 1.87. The molecule has 0 fully saturated rings. The first kappa shape index (κ1) is 12.3. The Morgan fingerprint density at radius 1 is 0.933 bits per heavy atom. The van der Waals surface area contributed by atoms with Gasteiger partial charge in [-0.05, 0) is 22.9 Å². The Morgan fingerprint density at radius 2 is 1.53 bits per heavy atom. The van der Waals surface area contributed by atoms with Gasteiger partial charge in [-0.15, -0.1) is 12.4 Å². The summed E-state index contributed by atoms with van der Waals surface area (Å²) < 4.78 is 22.1. The third kappa shape index (κ3) is 2.62. The average Bonchev–Trinajstić information content (AvgIpc) is 2.16. The topological polar surface area (TPSA) is 34.1 Å². The van der Waals surface area contributed by atoms with E-state index in [1.807, 2.05) is 24.3 Å². The van der Waals surface area contributed by atoms with Crippen LogP contribution in [0.2, 0.25) is 0 Å². The SMILES string of the molecule is Cl.O=S(=O)(Cl)c1ccc2ccccc2c1. The molecule has 2 aromatic carbocycles. The molecule has 0 radical (unpaired) electrons. The maximum absolute atomic E-state index is 11.0. The van der Waals surface area contributed by atoms with Crippen LogP contribution in [0.25, 0.3) is 10.8 Å². The monoisotopic (exact) mass is 262 g/mol. The van der Waals surface area contributed by atoms with Crippen LogP contribution in [-0.4, -0.2) is 8.42 Å². The molecule has 0 spiro atoms. The van der Waals surface area contributed by atoms with Crippen LogP contribution in [0.1, 0.15) is 0 Å². The minimum atomic E-state index is -3.62. The molecule has 0 aliphatic heterocycles. The van der Waals surface area contributed by atoms with Crippen molar-refractivity contribution in [1.29, 1.82) is 0 Å².